The zero-order valence-electron chi connectivity index (χ0n) is 15.0. The van der Waals surface area contributed by atoms with E-state index in [4.69, 9.17) is 0 Å². The summed E-state index contributed by atoms with van der Waals surface area (Å²) in [6.45, 7) is 4.58. The van der Waals surface area contributed by atoms with Crippen LogP contribution in [0.15, 0.2) is 24.4 Å². The van der Waals surface area contributed by atoms with Gasteiger partial charge in [0.2, 0.25) is 5.91 Å². The third kappa shape index (κ3) is 3.15. The first-order valence-electron chi connectivity index (χ1n) is 9.61. The maximum absolute atomic E-state index is 12.9. The predicted octanol–water partition coefficient (Wildman–Crippen LogP) is 2.66. The minimum Gasteiger partial charge on any atom is -0.339 e. The summed E-state index contributed by atoms with van der Waals surface area (Å²) in [5.41, 5.74) is 0.873. The van der Waals surface area contributed by atoms with E-state index in [2.05, 4.69) is 31.3 Å². The predicted molar refractivity (Wildman–Crippen MR) is 96.2 cm³/mol. The fourth-order valence-electron chi connectivity index (χ4n) is 4.41. The number of rotatable bonds is 4. The third-order valence-corrected chi connectivity index (χ3v) is 5.76. The van der Waals surface area contributed by atoms with E-state index in [9.17, 15) is 4.79 Å². The Balaban J connectivity index is 1.51. The lowest BCUT2D eigenvalue weighted by Crippen LogP contribution is -2.47. The summed E-state index contributed by atoms with van der Waals surface area (Å²) in [7, 11) is 0. The van der Waals surface area contributed by atoms with E-state index in [1.807, 2.05) is 24.4 Å². The number of amides is 1. The average Bonchev–Trinajstić information content (AvgIpc) is 3.28. The van der Waals surface area contributed by atoms with Gasteiger partial charge in [-0.1, -0.05) is 13.0 Å². The van der Waals surface area contributed by atoms with E-state index in [0.29, 0.717) is 12.6 Å². The molecule has 4 rings (SSSR count). The highest BCUT2D eigenvalue weighted by Crippen LogP contribution is 2.31. The van der Waals surface area contributed by atoms with Gasteiger partial charge in [-0.3, -0.25) is 14.1 Å². The van der Waals surface area contributed by atoms with Crippen LogP contribution in [-0.4, -0.2) is 56.0 Å². The van der Waals surface area contributed by atoms with Crippen molar-refractivity contribution in [1.29, 1.82) is 0 Å². The van der Waals surface area contributed by atoms with E-state index in [1.54, 1.807) is 0 Å². The zero-order chi connectivity index (χ0) is 17.2. The first-order chi connectivity index (χ1) is 12.3. The SMILES string of the molecule is CC[C@H]1CCCCN1C(=O)CN1CCC[C@@H]1c1nnc2ccccn12. The van der Waals surface area contributed by atoms with Gasteiger partial charge in [-0.05, 0) is 57.2 Å². The Kier molecular flexibility index (Phi) is 4.70. The van der Waals surface area contributed by atoms with Crippen molar-refractivity contribution < 1.29 is 4.79 Å². The molecule has 0 aliphatic carbocycles. The van der Waals surface area contributed by atoms with E-state index in [0.717, 1.165) is 56.7 Å². The molecule has 2 aromatic rings. The number of hydrogen-bond donors (Lipinski definition) is 0. The Morgan fingerprint density at radius 1 is 1.16 bits per heavy atom. The maximum atomic E-state index is 12.9. The second-order valence-corrected chi connectivity index (χ2v) is 7.26. The number of pyridine rings is 1. The minimum absolute atomic E-state index is 0.186. The van der Waals surface area contributed by atoms with Crippen LogP contribution in [0.25, 0.3) is 5.65 Å². The molecule has 1 amide bonds. The standard InChI is InChI=1S/C19H27N5O/c1-2-15-8-3-5-12-23(15)18(25)14-22-11-7-9-16(22)19-21-20-17-10-4-6-13-24(17)19/h4,6,10,13,15-16H,2-3,5,7-9,11-12,14H2,1H3/t15-,16+/m0/s1. The topological polar surface area (TPSA) is 53.7 Å². The number of aromatic nitrogens is 3. The van der Waals surface area contributed by atoms with Crippen molar-refractivity contribution in [2.45, 2.75) is 57.5 Å². The zero-order valence-corrected chi connectivity index (χ0v) is 15.0. The van der Waals surface area contributed by atoms with Gasteiger partial charge in [0.05, 0.1) is 12.6 Å². The molecule has 0 aromatic carbocycles. The molecule has 2 atom stereocenters. The quantitative estimate of drug-likeness (QED) is 0.858. The van der Waals surface area contributed by atoms with Crippen LogP contribution < -0.4 is 0 Å². The molecule has 2 saturated heterocycles. The number of carbonyl (C=O) groups excluding carboxylic acids is 1. The van der Waals surface area contributed by atoms with Crippen molar-refractivity contribution in [3.63, 3.8) is 0 Å². The maximum Gasteiger partial charge on any atom is 0.237 e. The molecule has 4 heterocycles. The van der Waals surface area contributed by atoms with Crippen molar-refractivity contribution in [3.8, 4) is 0 Å². The highest BCUT2D eigenvalue weighted by Gasteiger charge is 2.33. The molecular formula is C19H27N5O. The van der Waals surface area contributed by atoms with Gasteiger partial charge in [-0.15, -0.1) is 10.2 Å². The molecule has 25 heavy (non-hydrogen) atoms. The number of carbonyl (C=O) groups is 1. The second-order valence-electron chi connectivity index (χ2n) is 7.26. The molecule has 0 bridgehead atoms. The van der Waals surface area contributed by atoms with Gasteiger partial charge in [0, 0.05) is 18.8 Å². The fourth-order valence-corrected chi connectivity index (χ4v) is 4.41. The molecule has 134 valence electrons. The molecule has 0 unspecified atom stereocenters. The smallest absolute Gasteiger partial charge is 0.237 e. The Morgan fingerprint density at radius 3 is 2.96 bits per heavy atom. The number of piperidine rings is 1. The van der Waals surface area contributed by atoms with Gasteiger partial charge in [0.15, 0.2) is 11.5 Å². The monoisotopic (exact) mass is 341 g/mol. The average molecular weight is 341 g/mol. The minimum atomic E-state index is 0.186. The second kappa shape index (κ2) is 7.12. The summed E-state index contributed by atoms with van der Waals surface area (Å²) in [5, 5.41) is 8.71. The summed E-state index contributed by atoms with van der Waals surface area (Å²) in [5.74, 6) is 1.25. The largest absolute Gasteiger partial charge is 0.339 e. The number of fused-ring (bicyclic) bond motifs is 1. The summed E-state index contributed by atoms with van der Waals surface area (Å²) < 4.78 is 2.06. The molecular weight excluding hydrogens is 314 g/mol. The van der Waals surface area contributed by atoms with Crippen LogP contribution >= 0.6 is 0 Å². The van der Waals surface area contributed by atoms with Gasteiger partial charge in [0.1, 0.15) is 0 Å². The number of likely N-dealkylation sites (tertiary alicyclic amines) is 2. The molecule has 0 saturated carbocycles. The molecule has 6 heteroatoms. The summed E-state index contributed by atoms with van der Waals surface area (Å²) in [6, 6.07) is 6.57. The van der Waals surface area contributed by atoms with Crippen LogP contribution in [0.2, 0.25) is 0 Å². The summed E-state index contributed by atoms with van der Waals surface area (Å²) in [4.78, 5) is 17.4. The van der Waals surface area contributed by atoms with Gasteiger partial charge < -0.3 is 4.90 Å². The summed E-state index contributed by atoms with van der Waals surface area (Å²) in [6.07, 6.45) is 8.77. The van der Waals surface area contributed by atoms with Crippen LogP contribution in [-0.2, 0) is 4.79 Å². The van der Waals surface area contributed by atoms with E-state index in [-0.39, 0.29) is 11.9 Å². The van der Waals surface area contributed by atoms with Gasteiger partial charge in [0.25, 0.3) is 0 Å². The fraction of sp³-hybridized carbons (Fsp3) is 0.632. The molecule has 0 spiro atoms. The van der Waals surface area contributed by atoms with Crippen molar-refractivity contribution in [2.75, 3.05) is 19.6 Å². The van der Waals surface area contributed by atoms with Crippen LogP contribution in [0.5, 0.6) is 0 Å². The van der Waals surface area contributed by atoms with Crippen molar-refractivity contribution in [2.24, 2.45) is 0 Å². The first kappa shape index (κ1) is 16.5. The Bertz CT molecular complexity index is 742. The lowest BCUT2D eigenvalue weighted by atomic mass is 10.00. The number of hydrogen-bond acceptors (Lipinski definition) is 4. The van der Waals surface area contributed by atoms with E-state index in [1.165, 1.54) is 6.42 Å². The van der Waals surface area contributed by atoms with Crippen LogP contribution in [0.3, 0.4) is 0 Å². The molecule has 2 aliphatic rings. The molecule has 2 aliphatic heterocycles. The number of nitrogens with zero attached hydrogens (tertiary/aromatic N) is 5. The lowest BCUT2D eigenvalue weighted by molar-refractivity contribution is -0.136. The Hall–Kier alpha value is -1.95. The molecule has 2 aromatic heterocycles. The normalized spacial score (nSPS) is 24.9. The molecule has 2 fully saturated rings. The van der Waals surface area contributed by atoms with E-state index < -0.39 is 0 Å². The van der Waals surface area contributed by atoms with Gasteiger partial charge in [-0.2, -0.15) is 0 Å². The van der Waals surface area contributed by atoms with Crippen LogP contribution in [0, 0.1) is 0 Å². The van der Waals surface area contributed by atoms with Gasteiger partial charge >= 0.3 is 0 Å². The molecule has 0 N–H and O–H groups in total. The van der Waals surface area contributed by atoms with Crippen molar-refractivity contribution in [1.82, 2.24) is 24.4 Å². The Morgan fingerprint density at radius 2 is 2.08 bits per heavy atom. The highest BCUT2D eigenvalue weighted by molar-refractivity contribution is 5.78. The van der Waals surface area contributed by atoms with E-state index >= 15 is 0 Å². The summed E-state index contributed by atoms with van der Waals surface area (Å²) >= 11 is 0. The molecule has 0 radical (unpaired) electrons. The third-order valence-electron chi connectivity index (χ3n) is 5.76. The Labute approximate surface area is 148 Å². The van der Waals surface area contributed by atoms with Gasteiger partial charge in [-0.25, -0.2) is 0 Å². The highest BCUT2D eigenvalue weighted by atomic mass is 16.2. The van der Waals surface area contributed by atoms with Crippen molar-refractivity contribution in [3.05, 3.63) is 30.2 Å². The molecule has 6 nitrogen and oxygen atoms in total. The van der Waals surface area contributed by atoms with Crippen LogP contribution in [0.4, 0.5) is 0 Å². The van der Waals surface area contributed by atoms with Crippen LogP contribution in [0.1, 0.15) is 57.3 Å². The first-order valence-corrected chi connectivity index (χ1v) is 9.61. The van der Waals surface area contributed by atoms with Crippen molar-refractivity contribution >= 4 is 11.6 Å². The lowest BCUT2D eigenvalue weighted by Gasteiger charge is -2.36.